The standard InChI is InChI=1S/C24H17N3O7S/c28-20(25-17-10-4-5-12-19(17)35-15-7-2-1-3-8-15)14-34-21(29)13-26-23(30)16-9-6-11-18(27(32)33)22(16)24(26)31/h1-12H,13-14H2,(H,25,28). The number of nitro benzene ring substituents is 1. The van der Waals surface area contributed by atoms with Gasteiger partial charge in [-0.2, -0.15) is 0 Å². The quantitative estimate of drug-likeness (QED) is 0.219. The number of esters is 1. The number of carbonyl (C=O) groups is 4. The topological polar surface area (TPSA) is 136 Å². The summed E-state index contributed by atoms with van der Waals surface area (Å²) < 4.78 is 4.93. The minimum absolute atomic E-state index is 0.165. The number of nitrogens with one attached hydrogen (secondary N) is 1. The Kier molecular flexibility index (Phi) is 6.88. The van der Waals surface area contributed by atoms with Crippen molar-refractivity contribution in [2.75, 3.05) is 18.5 Å². The van der Waals surface area contributed by atoms with Crippen molar-refractivity contribution in [3.05, 3.63) is 94.0 Å². The van der Waals surface area contributed by atoms with E-state index in [1.165, 1.54) is 23.9 Å². The van der Waals surface area contributed by atoms with Crippen molar-refractivity contribution < 1.29 is 28.8 Å². The van der Waals surface area contributed by atoms with E-state index >= 15 is 0 Å². The fourth-order valence-electron chi connectivity index (χ4n) is 3.39. The summed E-state index contributed by atoms with van der Waals surface area (Å²) in [7, 11) is 0. The molecule has 1 heterocycles. The van der Waals surface area contributed by atoms with Crippen LogP contribution < -0.4 is 5.32 Å². The molecule has 1 aliphatic heterocycles. The van der Waals surface area contributed by atoms with Gasteiger partial charge < -0.3 is 10.1 Å². The SMILES string of the molecule is O=C(COC(=O)CN1C(=O)c2cccc([N+](=O)[O-])c2C1=O)Nc1ccccc1Sc1ccccc1. The van der Waals surface area contributed by atoms with Gasteiger partial charge in [0, 0.05) is 15.9 Å². The summed E-state index contributed by atoms with van der Waals surface area (Å²) in [5, 5.41) is 13.9. The Morgan fingerprint density at radius 3 is 2.40 bits per heavy atom. The minimum Gasteiger partial charge on any atom is -0.454 e. The second-order valence-corrected chi connectivity index (χ2v) is 8.39. The van der Waals surface area contributed by atoms with Crippen LogP contribution in [0, 0.1) is 10.1 Å². The summed E-state index contributed by atoms with van der Waals surface area (Å²) in [6.45, 7) is -1.43. The fraction of sp³-hybridized carbons (Fsp3) is 0.0833. The summed E-state index contributed by atoms with van der Waals surface area (Å²) in [4.78, 5) is 62.4. The van der Waals surface area contributed by atoms with Crippen LogP contribution in [0.4, 0.5) is 11.4 Å². The molecule has 0 fully saturated rings. The number of rotatable bonds is 8. The van der Waals surface area contributed by atoms with Crippen LogP contribution in [0.15, 0.2) is 82.6 Å². The first-order chi connectivity index (χ1) is 16.8. The molecule has 4 rings (SSSR count). The van der Waals surface area contributed by atoms with Gasteiger partial charge in [0.15, 0.2) is 6.61 Å². The molecule has 0 saturated carbocycles. The monoisotopic (exact) mass is 491 g/mol. The second-order valence-electron chi connectivity index (χ2n) is 7.27. The normalized spacial score (nSPS) is 12.3. The molecule has 1 N–H and O–H groups in total. The van der Waals surface area contributed by atoms with Gasteiger partial charge in [-0.1, -0.05) is 48.2 Å². The number of carbonyl (C=O) groups excluding carboxylic acids is 4. The van der Waals surface area contributed by atoms with Crippen molar-refractivity contribution >= 4 is 46.8 Å². The van der Waals surface area contributed by atoms with Crippen LogP contribution in [-0.4, -0.2) is 46.7 Å². The van der Waals surface area contributed by atoms with Crippen LogP contribution in [0.2, 0.25) is 0 Å². The lowest BCUT2D eigenvalue weighted by Crippen LogP contribution is -2.36. The van der Waals surface area contributed by atoms with Crippen molar-refractivity contribution in [1.29, 1.82) is 0 Å². The summed E-state index contributed by atoms with van der Waals surface area (Å²) in [5.41, 5.74) is -0.541. The third-order valence-corrected chi connectivity index (χ3v) is 6.04. The Balaban J connectivity index is 1.35. The molecule has 1 aliphatic rings. The average Bonchev–Trinajstić information content (AvgIpc) is 3.09. The summed E-state index contributed by atoms with van der Waals surface area (Å²) >= 11 is 1.45. The van der Waals surface area contributed by atoms with E-state index in [2.05, 4.69) is 5.32 Å². The first-order valence-electron chi connectivity index (χ1n) is 10.3. The van der Waals surface area contributed by atoms with Crippen LogP contribution in [0.5, 0.6) is 0 Å². The highest BCUT2D eigenvalue weighted by Crippen LogP contribution is 2.33. The van der Waals surface area contributed by atoms with Crippen LogP contribution in [0.3, 0.4) is 0 Å². The zero-order valence-corrected chi connectivity index (χ0v) is 18.8. The number of amides is 3. The molecular weight excluding hydrogens is 474 g/mol. The van der Waals surface area contributed by atoms with E-state index in [-0.39, 0.29) is 11.1 Å². The number of benzene rings is 3. The maximum atomic E-state index is 12.5. The Morgan fingerprint density at radius 2 is 1.66 bits per heavy atom. The molecule has 0 aromatic heterocycles. The molecule has 3 aromatic rings. The van der Waals surface area contributed by atoms with Gasteiger partial charge in [0.1, 0.15) is 12.1 Å². The molecule has 0 atom stereocenters. The number of fused-ring (bicyclic) bond motifs is 1. The van der Waals surface area contributed by atoms with E-state index in [4.69, 9.17) is 4.74 Å². The van der Waals surface area contributed by atoms with Gasteiger partial charge in [0.2, 0.25) is 0 Å². The Bertz CT molecular complexity index is 1340. The maximum absolute atomic E-state index is 12.5. The van der Waals surface area contributed by atoms with Crippen LogP contribution >= 0.6 is 11.8 Å². The molecule has 3 amide bonds. The highest BCUT2D eigenvalue weighted by molar-refractivity contribution is 7.99. The Morgan fingerprint density at radius 1 is 0.943 bits per heavy atom. The number of imide groups is 1. The number of para-hydroxylation sites is 1. The molecule has 0 radical (unpaired) electrons. The minimum atomic E-state index is -1.01. The molecule has 0 spiro atoms. The van der Waals surface area contributed by atoms with Crippen LogP contribution in [-0.2, 0) is 14.3 Å². The molecule has 176 valence electrons. The third kappa shape index (κ3) is 5.20. The number of hydrogen-bond acceptors (Lipinski definition) is 8. The van der Waals surface area contributed by atoms with Crippen LogP contribution in [0.1, 0.15) is 20.7 Å². The zero-order valence-electron chi connectivity index (χ0n) is 18.0. The lowest BCUT2D eigenvalue weighted by Gasteiger charge is -2.13. The van der Waals surface area contributed by atoms with E-state index in [9.17, 15) is 29.3 Å². The Labute approximate surface area is 203 Å². The fourth-order valence-corrected chi connectivity index (χ4v) is 4.32. The molecule has 0 bridgehead atoms. The van der Waals surface area contributed by atoms with Crippen LogP contribution in [0.25, 0.3) is 0 Å². The lowest BCUT2D eigenvalue weighted by molar-refractivity contribution is -0.385. The number of anilines is 1. The van der Waals surface area contributed by atoms with E-state index in [0.717, 1.165) is 15.9 Å². The Hall–Kier alpha value is -4.51. The lowest BCUT2D eigenvalue weighted by atomic mass is 10.1. The number of nitro groups is 1. The average molecular weight is 491 g/mol. The van der Waals surface area contributed by atoms with Crippen molar-refractivity contribution in [3.63, 3.8) is 0 Å². The maximum Gasteiger partial charge on any atom is 0.326 e. The van der Waals surface area contributed by atoms with Gasteiger partial charge in [-0.15, -0.1) is 0 Å². The van der Waals surface area contributed by atoms with Gasteiger partial charge in [-0.25, -0.2) is 0 Å². The first-order valence-corrected chi connectivity index (χ1v) is 11.1. The van der Waals surface area contributed by atoms with E-state index in [1.807, 2.05) is 42.5 Å². The summed E-state index contributed by atoms with van der Waals surface area (Å²) in [6.07, 6.45) is 0. The van der Waals surface area contributed by atoms with Crippen molar-refractivity contribution in [2.45, 2.75) is 9.79 Å². The molecule has 0 aliphatic carbocycles. The predicted octanol–water partition coefficient (Wildman–Crippen LogP) is 3.52. The second kappa shape index (κ2) is 10.2. The van der Waals surface area contributed by atoms with Gasteiger partial charge in [-0.05, 0) is 30.3 Å². The number of ether oxygens (including phenoxy) is 1. The van der Waals surface area contributed by atoms with Crippen molar-refractivity contribution in [3.8, 4) is 0 Å². The van der Waals surface area contributed by atoms with E-state index in [1.54, 1.807) is 12.1 Å². The molecule has 0 unspecified atom stereocenters. The molecule has 10 nitrogen and oxygen atoms in total. The highest BCUT2D eigenvalue weighted by atomic mass is 32.2. The van der Waals surface area contributed by atoms with Gasteiger partial charge >= 0.3 is 5.97 Å². The van der Waals surface area contributed by atoms with Crippen molar-refractivity contribution in [1.82, 2.24) is 4.90 Å². The molecule has 0 saturated heterocycles. The van der Waals surface area contributed by atoms with Gasteiger partial charge in [0.05, 0.1) is 16.2 Å². The number of nitrogens with zero attached hydrogens (tertiary/aromatic N) is 2. The van der Waals surface area contributed by atoms with E-state index < -0.39 is 47.5 Å². The first kappa shape index (κ1) is 23.6. The van der Waals surface area contributed by atoms with E-state index in [0.29, 0.717) is 10.6 Å². The molecule has 3 aromatic carbocycles. The largest absolute Gasteiger partial charge is 0.454 e. The molecule has 35 heavy (non-hydrogen) atoms. The zero-order chi connectivity index (χ0) is 24.9. The number of hydrogen-bond donors (Lipinski definition) is 1. The highest BCUT2D eigenvalue weighted by Gasteiger charge is 2.41. The third-order valence-electron chi connectivity index (χ3n) is 4.96. The van der Waals surface area contributed by atoms with Gasteiger partial charge in [0.25, 0.3) is 23.4 Å². The molecular formula is C24H17N3O7S. The predicted molar refractivity (Wildman–Crippen MR) is 125 cm³/mol. The summed E-state index contributed by atoms with van der Waals surface area (Å²) in [6, 6.07) is 20.3. The van der Waals surface area contributed by atoms with Gasteiger partial charge in [-0.3, -0.25) is 34.2 Å². The van der Waals surface area contributed by atoms with Crippen molar-refractivity contribution in [2.24, 2.45) is 0 Å². The summed E-state index contributed by atoms with van der Waals surface area (Å²) in [5.74, 6) is -3.44. The molecule has 11 heteroatoms. The smallest absolute Gasteiger partial charge is 0.326 e.